The highest BCUT2D eigenvalue weighted by atomic mass is 79.9. The molecule has 0 aliphatic heterocycles. The molecule has 15 heavy (non-hydrogen) atoms. The van der Waals surface area contributed by atoms with Crippen LogP contribution in [0.2, 0.25) is 0 Å². The van der Waals surface area contributed by atoms with Crippen LogP contribution < -0.4 is 0 Å². The first-order valence-corrected chi connectivity index (χ1v) is 5.95. The smallest absolute Gasteiger partial charge is 0.180 e. The molecule has 0 aliphatic rings. The van der Waals surface area contributed by atoms with Crippen molar-refractivity contribution in [1.29, 1.82) is 0 Å². The molecule has 1 rings (SSSR count). The van der Waals surface area contributed by atoms with Crippen LogP contribution >= 0.6 is 15.9 Å². The predicted octanol–water partition coefficient (Wildman–Crippen LogP) is 3.45. The molecule has 0 fully saturated rings. The molecule has 0 bridgehead atoms. The van der Waals surface area contributed by atoms with E-state index < -0.39 is 0 Å². The largest absolute Gasteiger partial charge is 0.507 e. The summed E-state index contributed by atoms with van der Waals surface area (Å²) >= 11 is 3.34. The third-order valence-electron chi connectivity index (χ3n) is 2.24. The lowest BCUT2D eigenvalue weighted by Crippen LogP contribution is -2.14. The number of benzene rings is 1. The molecule has 1 aromatic carbocycles. The Bertz CT molecular complexity index is 361. The topological polar surface area (TPSA) is 37.3 Å². The Hall–Kier alpha value is -0.830. The van der Waals surface area contributed by atoms with Crippen molar-refractivity contribution >= 4 is 21.7 Å². The zero-order valence-corrected chi connectivity index (χ0v) is 10.5. The van der Waals surface area contributed by atoms with E-state index in [4.69, 9.17) is 0 Å². The molecule has 0 aromatic heterocycles. The normalized spacial score (nSPS) is 12.5. The summed E-state index contributed by atoms with van der Waals surface area (Å²) in [5.74, 6) is 0.0178. The molecule has 1 aromatic rings. The van der Waals surface area contributed by atoms with Crippen molar-refractivity contribution in [2.24, 2.45) is 0 Å². The van der Waals surface area contributed by atoms with E-state index in [9.17, 15) is 9.90 Å². The first-order chi connectivity index (χ1) is 7.06. The molecule has 0 saturated carbocycles. The van der Waals surface area contributed by atoms with E-state index in [-0.39, 0.29) is 16.4 Å². The van der Waals surface area contributed by atoms with E-state index in [0.717, 1.165) is 18.4 Å². The van der Waals surface area contributed by atoms with Crippen LogP contribution in [-0.4, -0.2) is 15.7 Å². The fraction of sp³-hybridized carbons (Fsp3) is 0.417. The molecule has 82 valence electrons. The van der Waals surface area contributed by atoms with Crippen molar-refractivity contribution in [2.75, 3.05) is 0 Å². The molecular formula is C12H15BrO2. The molecule has 1 unspecified atom stereocenters. The van der Waals surface area contributed by atoms with Crippen molar-refractivity contribution in [2.45, 2.75) is 31.5 Å². The number of halogens is 1. The molecule has 0 heterocycles. The Kier molecular flexibility index (Phi) is 4.33. The minimum Gasteiger partial charge on any atom is -0.507 e. The Balaban J connectivity index is 2.95. The fourth-order valence-electron chi connectivity index (χ4n) is 1.40. The number of phenolic OH excluding ortho intramolecular Hbond substituents is 1. The monoisotopic (exact) mass is 270 g/mol. The fourth-order valence-corrected chi connectivity index (χ4v) is 2.10. The molecule has 2 nitrogen and oxygen atoms in total. The van der Waals surface area contributed by atoms with Gasteiger partial charge < -0.3 is 5.11 Å². The van der Waals surface area contributed by atoms with E-state index >= 15 is 0 Å². The minimum atomic E-state index is -0.199. The summed E-state index contributed by atoms with van der Waals surface area (Å²) in [6, 6.07) is 5.07. The van der Waals surface area contributed by atoms with E-state index in [1.54, 1.807) is 18.2 Å². The first kappa shape index (κ1) is 12.2. The Morgan fingerprint density at radius 3 is 2.80 bits per heavy atom. The van der Waals surface area contributed by atoms with Crippen LogP contribution in [0.25, 0.3) is 0 Å². The highest BCUT2D eigenvalue weighted by Gasteiger charge is 2.18. The highest BCUT2D eigenvalue weighted by molar-refractivity contribution is 9.10. The van der Waals surface area contributed by atoms with Gasteiger partial charge in [0.2, 0.25) is 0 Å². The number of aromatic hydroxyl groups is 1. The van der Waals surface area contributed by atoms with Gasteiger partial charge in [0.25, 0.3) is 0 Å². The van der Waals surface area contributed by atoms with Crippen LogP contribution in [-0.2, 0) is 0 Å². The number of Topliss-reactive ketones (excluding diaryl/α,β-unsaturated/α-hetero) is 1. The van der Waals surface area contributed by atoms with Crippen LogP contribution in [0.4, 0.5) is 0 Å². The second-order valence-electron chi connectivity index (χ2n) is 3.64. The number of aryl methyl sites for hydroxylation is 1. The lowest BCUT2D eigenvalue weighted by Gasteiger charge is -2.09. The van der Waals surface area contributed by atoms with Crippen LogP contribution in [0.15, 0.2) is 18.2 Å². The second kappa shape index (κ2) is 5.31. The summed E-state index contributed by atoms with van der Waals surface area (Å²) in [7, 11) is 0. The van der Waals surface area contributed by atoms with Gasteiger partial charge in [-0.15, -0.1) is 0 Å². The molecular weight excluding hydrogens is 256 g/mol. The van der Waals surface area contributed by atoms with Gasteiger partial charge in [-0.2, -0.15) is 0 Å². The number of hydrogen-bond donors (Lipinski definition) is 1. The number of hydrogen-bond acceptors (Lipinski definition) is 2. The van der Waals surface area contributed by atoms with Crippen molar-refractivity contribution in [3.05, 3.63) is 29.3 Å². The lowest BCUT2D eigenvalue weighted by molar-refractivity contribution is 0.0986. The van der Waals surface area contributed by atoms with Gasteiger partial charge in [0.15, 0.2) is 5.78 Å². The maximum Gasteiger partial charge on any atom is 0.180 e. The average Bonchev–Trinajstić information content (AvgIpc) is 2.21. The number of phenols is 1. The molecule has 0 saturated heterocycles. The molecule has 1 N–H and O–H groups in total. The number of carbonyl (C=O) groups excluding carboxylic acids is 1. The molecule has 0 aliphatic carbocycles. The quantitative estimate of drug-likeness (QED) is 0.672. The van der Waals surface area contributed by atoms with Gasteiger partial charge in [-0.05, 0) is 25.5 Å². The Labute approximate surface area is 98.4 Å². The van der Waals surface area contributed by atoms with Crippen LogP contribution in [0.5, 0.6) is 5.75 Å². The van der Waals surface area contributed by atoms with E-state index in [1.807, 2.05) is 13.8 Å². The van der Waals surface area contributed by atoms with Crippen molar-refractivity contribution in [3.8, 4) is 5.75 Å². The summed E-state index contributed by atoms with van der Waals surface area (Å²) in [6.07, 6.45) is 1.72. The summed E-state index contributed by atoms with van der Waals surface area (Å²) in [6.45, 7) is 3.93. The molecule has 0 amide bonds. The van der Waals surface area contributed by atoms with Gasteiger partial charge >= 0.3 is 0 Å². The Morgan fingerprint density at radius 1 is 1.53 bits per heavy atom. The molecule has 0 radical (unpaired) electrons. The SMILES string of the molecule is CCCC(Br)C(=O)c1cc(C)ccc1O. The molecule has 1 atom stereocenters. The van der Waals surface area contributed by atoms with Crippen LogP contribution in [0.1, 0.15) is 35.7 Å². The van der Waals surface area contributed by atoms with Gasteiger partial charge in [0.1, 0.15) is 5.75 Å². The zero-order valence-electron chi connectivity index (χ0n) is 8.96. The van der Waals surface area contributed by atoms with Crippen molar-refractivity contribution < 1.29 is 9.90 Å². The average molecular weight is 271 g/mol. The third kappa shape index (κ3) is 3.06. The van der Waals surface area contributed by atoms with Crippen molar-refractivity contribution in [3.63, 3.8) is 0 Å². The van der Waals surface area contributed by atoms with E-state index in [2.05, 4.69) is 15.9 Å². The van der Waals surface area contributed by atoms with Gasteiger partial charge in [-0.1, -0.05) is 40.9 Å². The van der Waals surface area contributed by atoms with Gasteiger partial charge in [-0.25, -0.2) is 0 Å². The third-order valence-corrected chi connectivity index (χ3v) is 3.12. The van der Waals surface area contributed by atoms with E-state index in [0.29, 0.717) is 5.56 Å². The van der Waals surface area contributed by atoms with Crippen LogP contribution in [0, 0.1) is 6.92 Å². The van der Waals surface area contributed by atoms with Gasteiger partial charge in [0, 0.05) is 0 Å². The number of alkyl halides is 1. The minimum absolute atomic E-state index is 0.0435. The molecule has 0 spiro atoms. The highest BCUT2D eigenvalue weighted by Crippen LogP contribution is 2.23. The zero-order chi connectivity index (χ0) is 11.4. The summed E-state index contributed by atoms with van der Waals surface area (Å²) in [5.41, 5.74) is 1.39. The number of carbonyl (C=O) groups is 1. The van der Waals surface area contributed by atoms with Gasteiger partial charge in [-0.3, -0.25) is 4.79 Å². The Morgan fingerprint density at radius 2 is 2.20 bits per heavy atom. The number of ketones is 1. The number of rotatable bonds is 4. The standard InChI is InChI=1S/C12H15BrO2/c1-3-4-10(13)12(15)9-7-8(2)5-6-11(9)14/h5-7,10,14H,3-4H2,1-2H3. The summed E-state index contributed by atoms with van der Waals surface area (Å²) < 4.78 is 0. The first-order valence-electron chi connectivity index (χ1n) is 5.04. The second-order valence-corrected chi connectivity index (χ2v) is 4.75. The molecule has 3 heteroatoms. The van der Waals surface area contributed by atoms with Crippen LogP contribution in [0.3, 0.4) is 0 Å². The summed E-state index contributed by atoms with van der Waals surface area (Å²) in [5, 5.41) is 9.58. The van der Waals surface area contributed by atoms with E-state index in [1.165, 1.54) is 0 Å². The maximum atomic E-state index is 11.9. The predicted molar refractivity (Wildman–Crippen MR) is 64.8 cm³/mol. The summed E-state index contributed by atoms with van der Waals surface area (Å²) in [4.78, 5) is 11.7. The maximum absolute atomic E-state index is 11.9. The van der Waals surface area contributed by atoms with Gasteiger partial charge in [0.05, 0.1) is 10.4 Å². The lowest BCUT2D eigenvalue weighted by atomic mass is 10.0. The van der Waals surface area contributed by atoms with Crippen molar-refractivity contribution in [1.82, 2.24) is 0 Å².